The second kappa shape index (κ2) is 7.33. The lowest BCUT2D eigenvalue weighted by Gasteiger charge is -2.19. The molecule has 0 atom stereocenters. The first-order valence-corrected chi connectivity index (χ1v) is 7.03. The summed E-state index contributed by atoms with van der Waals surface area (Å²) in [6.07, 6.45) is 0. The van der Waals surface area contributed by atoms with Crippen molar-refractivity contribution < 1.29 is 4.79 Å². The monoisotopic (exact) mass is 283 g/mol. The summed E-state index contributed by atoms with van der Waals surface area (Å²) in [5.41, 5.74) is 3.11. The van der Waals surface area contributed by atoms with Crippen LogP contribution < -0.4 is 15.5 Å². The molecule has 21 heavy (non-hydrogen) atoms. The van der Waals surface area contributed by atoms with Gasteiger partial charge in [0.15, 0.2) is 0 Å². The summed E-state index contributed by atoms with van der Waals surface area (Å²) in [6.45, 7) is 3.36. The van der Waals surface area contributed by atoms with E-state index in [1.165, 1.54) is 5.56 Å². The van der Waals surface area contributed by atoms with Gasteiger partial charge in [0.25, 0.3) is 0 Å². The van der Waals surface area contributed by atoms with Gasteiger partial charge in [-0.1, -0.05) is 35.9 Å². The third kappa shape index (κ3) is 4.84. The summed E-state index contributed by atoms with van der Waals surface area (Å²) >= 11 is 0. The molecule has 2 rings (SSSR count). The van der Waals surface area contributed by atoms with Crippen molar-refractivity contribution in [2.45, 2.75) is 6.92 Å². The number of carbonyl (C=O) groups excluding carboxylic acids is 1. The van der Waals surface area contributed by atoms with Crippen molar-refractivity contribution in [3.05, 3.63) is 60.2 Å². The average molecular weight is 283 g/mol. The zero-order valence-electron chi connectivity index (χ0n) is 12.5. The standard InChI is InChI=1S/C17H21N3O/c1-14-8-10-15(11-9-14)19-17(21)18-12-13-20(2)16-6-4-3-5-7-16/h3-11H,12-13H2,1-2H3,(H2,18,19,21). The van der Waals surface area contributed by atoms with E-state index in [0.29, 0.717) is 6.54 Å². The first-order valence-electron chi connectivity index (χ1n) is 7.03. The van der Waals surface area contributed by atoms with E-state index in [2.05, 4.69) is 15.5 Å². The number of hydrogen-bond donors (Lipinski definition) is 2. The van der Waals surface area contributed by atoms with Crippen molar-refractivity contribution in [3.8, 4) is 0 Å². The Morgan fingerprint density at radius 1 is 1.05 bits per heavy atom. The Labute approximate surface area is 125 Å². The third-order valence-electron chi connectivity index (χ3n) is 3.24. The highest BCUT2D eigenvalue weighted by Gasteiger charge is 2.03. The Bertz CT molecular complexity index is 566. The van der Waals surface area contributed by atoms with Gasteiger partial charge in [-0.2, -0.15) is 0 Å². The van der Waals surface area contributed by atoms with E-state index in [4.69, 9.17) is 0 Å². The number of amides is 2. The minimum atomic E-state index is -0.180. The Hall–Kier alpha value is -2.49. The van der Waals surface area contributed by atoms with Gasteiger partial charge in [-0.3, -0.25) is 0 Å². The smallest absolute Gasteiger partial charge is 0.319 e. The molecule has 0 aliphatic heterocycles. The van der Waals surface area contributed by atoms with E-state index in [1.54, 1.807) is 0 Å². The van der Waals surface area contributed by atoms with Gasteiger partial charge < -0.3 is 15.5 Å². The minimum absolute atomic E-state index is 0.180. The second-order valence-electron chi connectivity index (χ2n) is 5.00. The molecule has 2 aromatic rings. The molecule has 2 aromatic carbocycles. The second-order valence-corrected chi connectivity index (χ2v) is 5.00. The number of rotatable bonds is 5. The van der Waals surface area contributed by atoms with E-state index in [0.717, 1.165) is 17.9 Å². The molecule has 2 amide bonds. The molecule has 0 aliphatic carbocycles. The first-order chi connectivity index (χ1) is 10.1. The molecule has 0 aliphatic rings. The van der Waals surface area contributed by atoms with Gasteiger partial charge in [0, 0.05) is 31.5 Å². The minimum Gasteiger partial charge on any atom is -0.373 e. The molecule has 0 spiro atoms. The highest BCUT2D eigenvalue weighted by atomic mass is 16.2. The van der Waals surface area contributed by atoms with Crippen LogP contribution in [0, 0.1) is 6.92 Å². The topological polar surface area (TPSA) is 44.4 Å². The third-order valence-corrected chi connectivity index (χ3v) is 3.24. The maximum atomic E-state index is 11.8. The molecular weight excluding hydrogens is 262 g/mol. The number of nitrogens with zero attached hydrogens (tertiary/aromatic N) is 1. The highest BCUT2D eigenvalue weighted by Crippen LogP contribution is 2.10. The van der Waals surface area contributed by atoms with Gasteiger partial charge in [-0.25, -0.2) is 4.79 Å². The molecule has 0 unspecified atom stereocenters. The number of carbonyl (C=O) groups is 1. The fourth-order valence-corrected chi connectivity index (χ4v) is 1.96. The maximum Gasteiger partial charge on any atom is 0.319 e. The number of aryl methyl sites for hydroxylation is 1. The zero-order chi connectivity index (χ0) is 15.1. The number of urea groups is 1. The van der Waals surface area contributed by atoms with Crippen LogP contribution in [0.1, 0.15) is 5.56 Å². The summed E-state index contributed by atoms with van der Waals surface area (Å²) in [4.78, 5) is 13.9. The van der Waals surface area contributed by atoms with Crippen LogP contribution in [0.2, 0.25) is 0 Å². The van der Waals surface area contributed by atoms with Gasteiger partial charge in [0.2, 0.25) is 0 Å². The molecule has 0 saturated heterocycles. The number of nitrogens with one attached hydrogen (secondary N) is 2. The highest BCUT2D eigenvalue weighted by molar-refractivity contribution is 5.89. The van der Waals surface area contributed by atoms with E-state index in [-0.39, 0.29) is 6.03 Å². The van der Waals surface area contributed by atoms with Gasteiger partial charge in [-0.05, 0) is 31.2 Å². The molecule has 0 heterocycles. The molecule has 4 nitrogen and oxygen atoms in total. The first kappa shape index (κ1) is 14.9. The molecule has 2 N–H and O–H groups in total. The van der Waals surface area contributed by atoms with E-state index in [9.17, 15) is 4.79 Å². The van der Waals surface area contributed by atoms with Crippen molar-refractivity contribution >= 4 is 17.4 Å². The molecule has 0 radical (unpaired) electrons. The van der Waals surface area contributed by atoms with Crippen molar-refractivity contribution in [3.63, 3.8) is 0 Å². The van der Waals surface area contributed by atoms with E-state index in [1.807, 2.05) is 68.6 Å². The molecule has 0 fully saturated rings. The quantitative estimate of drug-likeness (QED) is 0.884. The lowest BCUT2D eigenvalue weighted by Crippen LogP contribution is -2.35. The van der Waals surface area contributed by atoms with Gasteiger partial charge >= 0.3 is 6.03 Å². The number of para-hydroxylation sites is 1. The van der Waals surface area contributed by atoms with Crippen LogP contribution in [-0.4, -0.2) is 26.2 Å². The largest absolute Gasteiger partial charge is 0.373 e. The molecule has 4 heteroatoms. The lowest BCUT2D eigenvalue weighted by atomic mass is 10.2. The summed E-state index contributed by atoms with van der Waals surface area (Å²) in [5.74, 6) is 0. The van der Waals surface area contributed by atoms with Crippen molar-refractivity contribution in [2.24, 2.45) is 0 Å². The summed E-state index contributed by atoms with van der Waals surface area (Å²) in [5, 5.41) is 5.67. The Kier molecular flexibility index (Phi) is 5.21. The molecular formula is C17H21N3O. The van der Waals surface area contributed by atoms with Crippen LogP contribution in [0.5, 0.6) is 0 Å². The predicted molar refractivity (Wildman–Crippen MR) is 87.9 cm³/mol. The van der Waals surface area contributed by atoms with Crippen LogP contribution in [0.25, 0.3) is 0 Å². The van der Waals surface area contributed by atoms with Crippen molar-refractivity contribution in [1.29, 1.82) is 0 Å². The number of hydrogen-bond acceptors (Lipinski definition) is 2. The van der Waals surface area contributed by atoms with E-state index >= 15 is 0 Å². The summed E-state index contributed by atoms with van der Waals surface area (Å²) < 4.78 is 0. The van der Waals surface area contributed by atoms with E-state index < -0.39 is 0 Å². The SMILES string of the molecule is Cc1ccc(NC(=O)NCCN(C)c2ccccc2)cc1. The van der Waals surface area contributed by atoms with Crippen LogP contribution in [-0.2, 0) is 0 Å². The number of likely N-dealkylation sites (N-methyl/N-ethyl adjacent to an activating group) is 1. The normalized spacial score (nSPS) is 10.0. The fraction of sp³-hybridized carbons (Fsp3) is 0.235. The lowest BCUT2D eigenvalue weighted by molar-refractivity contribution is 0.252. The van der Waals surface area contributed by atoms with Gasteiger partial charge in [-0.15, -0.1) is 0 Å². The molecule has 0 bridgehead atoms. The van der Waals surface area contributed by atoms with Crippen LogP contribution in [0.4, 0.5) is 16.2 Å². The van der Waals surface area contributed by atoms with Crippen LogP contribution in [0.15, 0.2) is 54.6 Å². The number of benzene rings is 2. The Morgan fingerprint density at radius 2 is 1.71 bits per heavy atom. The fourth-order valence-electron chi connectivity index (χ4n) is 1.96. The Balaban J connectivity index is 1.73. The summed E-state index contributed by atoms with van der Waals surface area (Å²) in [7, 11) is 2.01. The van der Waals surface area contributed by atoms with Crippen LogP contribution in [0.3, 0.4) is 0 Å². The molecule has 0 aromatic heterocycles. The van der Waals surface area contributed by atoms with Gasteiger partial charge in [0.05, 0.1) is 0 Å². The van der Waals surface area contributed by atoms with Gasteiger partial charge in [0.1, 0.15) is 0 Å². The maximum absolute atomic E-state index is 11.8. The molecule has 0 saturated carbocycles. The van der Waals surface area contributed by atoms with Crippen molar-refractivity contribution in [1.82, 2.24) is 5.32 Å². The zero-order valence-corrected chi connectivity index (χ0v) is 12.5. The van der Waals surface area contributed by atoms with Crippen LogP contribution >= 0.6 is 0 Å². The number of anilines is 2. The Morgan fingerprint density at radius 3 is 2.38 bits per heavy atom. The van der Waals surface area contributed by atoms with Crippen molar-refractivity contribution in [2.75, 3.05) is 30.4 Å². The average Bonchev–Trinajstić information content (AvgIpc) is 2.50. The summed E-state index contributed by atoms with van der Waals surface area (Å²) in [6, 6.07) is 17.6. The predicted octanol–water partition coefficient (Wildman–Crippen LogP) is 3.25. The molecule has 110 valence electrons.